The highest BCUT2D eigenvalue weighted by Gasteiger charge is 2.23. The molecule has 1 aliphatic carbocycles. The Bertz CT molecular complexity index is 490. The summed E-state index contributed by atoms with van der Waals surface area (Å²) in [6.07, 6.45) is 4.31. The zero-order chi connectivity index (χ0) is 12.4. The second kappa shape index (κ2) is 4.78. The van der Waals surface area contributed by atoms with Crippen LogP contribution in [0.15, 0.2) is 30.6 Å². The Morgan fingerprint density at radius 3 is 2.67 bits per heavy atom. The van der Waals surface area contributed by atoms with E-state index in [0.717, 1.165) is 17.1 Å². The van der Waals surface area contributed by atoms with Crippen LogP contribution in [0.2, 0.25) is 0 Å². The molecule has 0 saturated heterocycles. The van der Waals surface area contributed by atoms with Crippen molar-refractivity contribution in [2.75, 3.05) is 7.05 Å². The maximum absolute atomic E-state index is 5.73. The van der Waals surface area contributed by atoms with E-state index in [1.54, 1.807) is 0 Å². The first-order valence-electron chi connectivity index (χ1n) is 6.16. The standard InChI is InChI=1S/C13H16N4O/c1-14-12(13-15-8-16-17-13)9-2-4-10(5-3-9)18-11-6-7-11/h2-5,8,11-12,14H,6-7H2,1H3,(H,15,16,17). The molecule has 5 nitrogen and oxygen atoms in total. The number of aromatic amines is 1. The molecule has 1 unspecified atom stereocenters. The van der Waals surface area contributed by atoms with E-state index in [1.165, 1.54) is 19.2 Å². The summed E-state index contributed by atoms with van der Waals surface area (Å²) in [7, 11) is 1.90. The number of hydrogen-bond donors (Lipinski definition) is 2. The molecule has 0 spiro atoms. The summed E-state index contributed by atoms with van der Waals surface area (Å²) in [5.74, 6) is 1.75. The van der Waals surface area contributed by atoms with E-state index >= 15 is 0 Å². The largest absolute Gasteiger partial charge is 0.490 e. The Morgan fingerprint density at radius 2 is 2.11 bits per heavy atom. The normalized spacial score (nSPS) is 16.5. The second-order valence-electron chi connectivity index (χ2n) is 4.48. The lowest BCUT2D eigenvalue weighted by atomic mass is 10.1. The maximum atomic E-state index is 5.73. The number of nitrogens with zero attached hydrogens (tertiary/aromatic N) is 2. The van der Waals surface area contributed by atoms with E-state index in [4.69, 9.17) is 4.74 Å². The Labute approximate surface area is 106 Å². The van der Waals surface area contributed by atoms with E-state index in [9.17, 15) is 0 Å². The molecule has 0 amide bonds. The SMILES string of the molecule is CNC(c1ccc(OC2CC2)cc1)c1ncn[nH]1. The van der Waals surface area contributed by atoms with E-state index in [0.29, 0.717) is 6.10 Å². The van der Waals surface area contributed by atoms with Gasteiger partial charge in [-0.2, -0.15) is 5.10 Å². The first-order chi connectivity index (χ1) is 8.86. The highest BCUT2D eigenvalue weighted by molar-refractivity contribution is 5.32. The van der Waals surface area contributed by atoms with E-state index < -0.39 is 0 Å². The molecule has 0 aliphatic heterocycles. The highest BCUT2D eigenvalue weighted by atomic mass is 16.5. The average Bonchev–Trinajstić information content (AvgIpc) is 3.05. The molecule has 2 N–H and O–H groups in total. The van der Waals surface area contributed by atoms with Crippen LogP contribution in [-0.2, 0) is 0 Å². The molecular formula is C13H16N4O. The number of ether oxygens (including phenoxy) is 1. The number of nitrogens with one attached hydrogen (secondary N) is 2. The fraction of sp³-hybridized carbons (Fsp3) is 0.385. The van der Waals surface area contributed by atoms with Gasteiger partial charge in [-0.1, -0.05) is 12.1 Å². The lowest BCUT2D eigenvalue weighted by Crippen LogP contribution is -2.19. The summed E-state index contributed by atoms with van der Waals surface area (Å²) < 4.78 is 5.73. The molecule has 1 heterocycles. The topological polar surface area (TPSA) is 62.8 Å². The maximum Gasteiger partial charge on any atom is 0.145 e. The van der Waals surface area contributed by atoms with Gasteiger partial charge in [-0.25, -0.2) is 4.98 Å². The van der Waals surface area contributed by atoms with Crippen molar-refractivity contribution >= 4 is 0 Å². The highest BCUT2D eigenvalue weighted by Crippen LogP contribution is 2.28. The smallest absolute Gasteiger partial charge is 0.145 e. The fourth-order valence-corrected chi connectivity index (χ4v) is 1.93. The molecule has 5 heteroatoms. The zero-order valence-electron chi connectivity index (χ0n) is 10.3. The molecule has 1 aromatic heterocycles. The average molecular weight is 244 g/mol. The molecule has 3 rings (SSSR count). The Balaban J connectivity index is 1.77. The minimum Gasteiger partial charge on any atom is -0.490 e. The van der Waals surface area contributed by atoms with Gasteiger partial charge in [0.2, 0.25) is 0 Å². The molecule has 1 saturated carbocycles. The Kier molecular flexibility index (Phi) is 2.98. The van der Waals surface area contributed by atoms with Crippen molar-refractivity contribution in [3.63, 3.8) is 0 Å². The van der Waals surface area contributed by atoms with Gasteiger partial charge in [-0.15, -0.1) is 0 Å². The Hall–Kier alpha value is -1.88. The van der Waals surface area contributed by atoms with Crippen LogP contribution in [0.4, 0.5) is 0 Å². The van der Waals surface area contributed by atoms with Crippen LogP contribution >= 0.6 is 0 Å². The van der Waals surface area contributed by atoms with Gasteiger partial charge in [0.1, 0.15) is 17.9 Å². The molecule has 0 radical (unpaired) electrons. The minimum atomic E-state index is 0.0301. The summed E-state index contributed by atoms with van der Waals surface area (Å²) in [4.78, 5) is 4.18. The lowest BCUT2D eigenvalue weighted by Gasteiger charge is -2.14. The molecule has 18 heavy (non-hydrogen) atoms. The quantitative estimate of drug-likeness (QED) is 0.839. The van der Waals surface area contributed by atoms with E-state index in [2.05, 4.69) is 32.6 Å². The van der Waals surface area contributed by atoms with Gasteiger partial charge in [-0.3, -0.25) is 5.10 Å². The van der Waals surface area contributed by atoms with Crippen LogP contribution in [0.25, 0.3) is 0 Å². The van der Waals surface area contributed by atoms with Crippen molar-refractivity contribution in [1.29, 1.82) is 0 Å². The fourth-order valence-electron chi connectivity index (χ4n) is 1.93. The first kappa shape index (κ1) is 11.2. The van der Waals surface area contributed by atoms with Crippen LogP contribution < -0.4 is 10.1 Å². The summed E-state index contributed by atoms with van der Waals surface area (Å²) >= 11 is 0. The number of aromatic nitrogens is 3. The van der Waals surface area contributed by atoms with Crippen molar-refractivity contribution in [2.24, 2.45) is 0 Å². The third-order valence-corrected chi connectivity index (χ3v) is 3.04. The van der Waals surface area contributed by atoms with Crippen molar-refractivity contribution in [1.82, 2.24) is 20.5 Å². The van der Waals surface area contributed by atoms with Gasteiger partial charge < -0.3 is 10.1 Å². The zero-order valence-corrected chi connectivity index (χ0v) is 10.3. The third-order valence-electron chi connectivity index (χ3n) is 3.04. The van der Waals surface area contributed by atoms with Crippen LogP contribution in [0.3, 0.4) is 0 Å². The summed E-state index contributed by atoms with van der Waals surface area (Å²) in [6.45, 7) is 0. The van der Waals surface area contributed by atoms with Gasteiger partial charge in [0.15, 0.2) is 0 Å². The molecular weight excluding hydrogens is 228 g/mol. The first-order valence-corrected chi connectivity index (χ1v) is 6.16. The molecule has 1 fully saturated rings. The van der Waals surface area contributed by atoms with Gasteiger partial charge in [0.25, 0.3) is 0 Å². The monoisotopic (exact) mass is 244 g/mol. The van der Waals surface area contributed by atoms with Crippen LogP contribution in [0.1, 0.15) is 30.3 Å². The molecule has 1 aliphatic rings. The van der Waals surface area contributed by atoms with E-state index in [-0.39, 0.29) is 6.04 Å². The predicted octanol–water partition coefficient (Wildman–Crippen LogP) is 1.65. The van der Waals surface area contributed by atoms with Crippen molar-refractivity contribution in [3.05, 3.63) is 42.0 Å². The molecule has 0 bridgehead atoms. The van der Waals surface area contributed by atoms with Gasteiger partial charge in [0.05, 0.1) is 12.1 Å². The van der Waals surface area contributed by atoms with E-state index in [1.807, 2.05) is 19.2 Å². The number of rotatable bonds is 5. The van der Waals surface area contributed by atoms with Gasteiger partial charge in [0, 0.05) is 0 Å². The summed E-state index contributed by atoms with van der Waals surface area (Å²) in [6, 6.07) is 8.16. The number of benzene rings is 1. The molecule has 1 aromatic carbocycles. The van der Waals surface area contributed by atoms with Crippen LogP contribution in [-0.4, -0.2) is 28.3 Å². The summed E-state index contributed by atoms with van der Waals surface area (Å²) in [5.41, 5.74) is 1.14. The molecule has 1 atom stereocenters. The molecule has 94 valence electrons. The summed E-state index contributed by atoms with van der Waals surface area (Å²) in [5, 5.41) is 9.99. The number of hydrogen-bond acceptors (Lipinski definition) is 4. The van der Waals surface area contributed by atoms with Crippen molar-refractivity contribution < 1.29 is 4.74 Å². The van der Waals surface area contributed by atoms with Gasteiger partial charge >= 0.3 is 0 Å². The number of H-pyrrole nitrogens is 1. The lowest BCUT2D eigenvalue weighted by molar-refractivity contribution is 0.303. The Morgan fingerprint density at radius 1 is 1.33 bits per heavy atom. The van der Waals surface area contributed by atoms with Crippen molar-refractivity contribution in [3.8, 4) is 5.75 Å². The van der Waals surface area contributed by atoms with Crippen LogP contribution in [0, 0.1) is 0 Å². The van der Waals surface area contributed by atoms with Crippen LogP contribution in [0.5, 0.6) is 5.75 Å². The van der Waals surface area contributed by atoms with Gasteiger partial charge in [-0.05, 0) is 37.6 Å². The second-order valence-corrected chi connectivity index (χ2v) is 4.48. The van der Waals surface area contributed by atoms with Crippen molar-refractivity contribution in [2.45, 2.75) is 25.0 Å². The molecule has 2 aromatic rings. The third kappa shape index (κ3) is 2.36. The minimum absolute atomic E-state index is 0.0301. The predicted molar refractivity (Wildman–Crippen MR) is 67.4 cm³/mol.